The SMILES string of the molecule is O=[N+]([O-])c1ccc(F)cc1O[C@@H]1CO[C@H]2[C@@H]1OC[C@@H]2OS(=O)C(F)(F)F. The molecule has 5 atom stereocenters. The van der Waals surface area contributed by atoms with Crippen molar-refractivity contribution >= 4 is 16.8 Å². The maximum Gasteiger partial charge on any atom is 0.497 e. The molecule has 13 heteroatoms. The molecule has 1 aromatic carbocycles. The molecule has 2 fully saturated rings. The number of rotatable bonds is 5. The minimum atomic E-state index is -5.05. The molecule has 2 heterocycles. The van der Waals surface area contributed by atoms with Crippen LogP contribution in [0.3, 0.4) is 0 Å². The van der Waals surface area contributed by atoms with Gasteiger partial charge in [-0.05, 0) is 6.07 Å². The number of nitro benzene ring substituents is 1. The molecule has 3 rings (SSSR count). The monoisotopic (exact) mass is 401 g/mol. The highest BCUT2D eigenvalue weighted by Crippen LogP contribution is 2.36. The predicted molar refractivity (Wildman–Crippen MR) is 76.0 cm³/mol. The smallest absolute Gasteiger partial charge is 0.478 e. The molecule has 0 aromatic heterocycles. The Morgan fingerprint density at radius 3 is 2.42 bits per heavy atom. The van der Waals surface area contributed by atoms with Gasteiger partial charge in [0, 0.05) is 12.1 Å². The van der Waals surface area contributed by atoms with Crippen LogP contribution in [0.15, 0.2) is 18.2 Å². The molecular weight excluding hydrogens is 390 g/mol. The maximum absolute atomic E-state index is 13.3. The summed E-state index contributed by atoms with van der Waals surface area (Å²) in [7, 11) is 0. The second kappa shape index (κ2) is 7.06. The Bertz CT molecular complexity index is 731. The van der Waals surface area contributed by atoms with Crippen molar-refractivity contribution in [1.82, 2.24) is 0 Å². The van der Waals surface area contributed by atoms with Gasteiger partial charge in [-0.3, -0.25) is 14.3 Å². The Kier molecular flexibility index (Phi) is 5.14. The first-order chi connectivity index (χ1) is 12.2. The standard InChI is InChI=1S/C13H11F4NO7S/c14-6-1-2-7(18(19)20)8(3-6)24-9-4-22-12-10(5-23-11(9)12)25-26(21)13(15,16)17/h1-3,9-12H,4-5H2/t9-,10+,11-,12-,26?/m1/s1. The molecule has 8 nitrogen and oxygen atoms in total. The highest BCUT2D eigenvalue weighted by molar-refractivity contribution is 7.81. The number of hydrogen-bond donors (Lipinski definition) is 0. The lowest BCUT2D eigenvalue weighted by Gasteiger charge is -2.18. The van der Waals surface area contributed by atoms with Gasteiger partial charge in [0.25, 0.3) is 11.1 Å². The Morgan fingerprint density at radius 1 is 1.19 bits per heavy atom. The fourth-order valence-electron chi connectivity index (χ4n) is 2.68. The lowest BCUT2D eigenvalue weighted by Crippen LogP contribution is -2.37. The fraction of sp³-hybridized carbons (Fsp3) is 0.538. The third kappa shape index (κ3) is 3.79. The van der Waals surface area contributed by atoms with Crippen LogP contribution < -0.4 is 4.74 Å². The molecule has 1 aromatic rings. The summed E-state index contributed by atoms with van der Waals surface area (Å²) in [4.78, 5) is 10.2. The molecule has 26 heavy (non-hydrogen) atoms. The van der Waals surface area contributed by atoms with Crippen molar-refractivity contribution in [2.24, 2.45) is 0 Å². The van der Waals surface area contributed by atoms with Crippen LogP contribution >= 0.6 is 0 Å². The maximum atomic E-state index is 13.3. The van der Waals surface area contributed by atoms with E-state index in [1.165, 1.54) is 0 Å². The molecular formula is C13H11F4NO7S. The summed E-state index contributed by atoms with van der Waals surface area (Å²) in [5.41, 5.74) is -5.53. The number of ether oxygens (including phenoxy) is 3. The quantitative estimate of drug-likeness (QED) is 0.422. The van der Waals surface area contributed by atoms with Gasteiger partial charge in [-0.25, -0.2) is 8.60 Å². The topological polar surface area (TPSA) is 97.1 Å². The lowest BCUT2D eigenvalue weighted by molar-refractivity contribution is -0.386. The average molecular weight is 401 g/mol. The number of halogens is 4. The van der Waals surface area contributed by atoms with Crippen molar-refractivity contribution in [2.75, 3.05) is 13.2 Å². The summed E-state index contributed by atoms with van der Waals surface area (Å²) in [6.45, 7) is -0.510. The third-order valence-corrected chi connectivity index (χ3v) is 4.56. The van der Waals surface area contributed by atoms with Crippen molar-refractivity contribution in [3.05, 3.63) is 34.1 Å². The zero-order valence-corrected chi connectivity index (χ0v) is 13.5. The van der Waals surface area contributed by atoms with Crippen molar-refractivity contribution in [3.8, 4) is 5.75 Å². The second-order valence-electron chi connectivity index (χ2n) is 5.44. The van der Waals surface area contributed by atoms with E-state index in [9.17, 15) is 31.9 Å². The van der Waals surface area contributed by atoms with E-state index < -0.39 is 57.4 Å². The number of alkyl halides is 3. The molecule has 0 bridgehead atoms. The summed E-state index contributed by atoms with van der Waals surface area (Å²) in [6.07, 6.45) is -4.10. The van der Waals surface area contributed by atoms with Gasteiger partial charge in [0.2, 0.25) is 0 Å². The van der Waals surface area contributed by atoms with Crippen molar-refractivity contribution in [3.63, 3.8) is 0 Å². The summed E-state index contributed by atoms with van der Waals surface area (Å²) in [5.74, 6) is -1.13. The Labute approximate surface area is 145 Å². The first-order valence-corrected chi connectivity index (χ1v) is 8.24. The molecule has 2 aliphatic rings. The van der Waals surface area contributed by atoms with Gasteiger partial charge < -0.3 is 14.2 Å². The number of benzene rings is 1. The van der Waals surface area contributed by atoms with E-state index in [0.717, 1.165) is 18.2 Å². The molecule has 0 spiro atoms. The Morgan fingerprint density at radius 2 is 1.81 bits per heavy atom. The van der Waals surface area contributed by atoms with Crippen LogP contribution in [0.1, 0.15) is 0 Å². The molecule has 0 aliphatic carbocycles. The molecule has 0 N–H and O–H groups in total. The third-order valence-electron chi connectivity index (χ3n) is 3.76. The van der Waals surface area contributed by atoms with Gasteiger partial charge in [0.1, 0.15) is 24.1 Å². The first-order valence-electron chi connectivity index (χ1n) is 7.16. The fourth-order valence-corrected chi connectivity index (χ4v) is 3.17. The predicted octanol–water partition coefficient (Wildman–Crippen LogP) is 1.85. The van der Waals surface area contributed by atoms with Crippen molar-refractivity contribution in [1.29, 1.82) is 0 Å². The van der Waals surface area contributed by atoms with Crippen LogP contribution in [-0.2, 0) is 24.7 Å². The Hall–Kier alpha value is -1.83. The summed E-state index contributed by atoms with van der Waals surface area (Å²) >= 11 is -3.54. The molecule has 0 amide bonds. The van der Waals surface area contributed by atoms with Crippen LogP contribution in [0.5, 0.6) is 5.75 Å². The highest BCUT2D eigenvalue weighted by Gasteiger charge is 2.52. The van der Waals surface area contributed by atoms with Crippen LogP contribution in [0, 0.1) is 15.9 Å². The molecule has 0 saturated carbocycles. The van der Waals surface area contributed by atoms with E-state index in [1.807, 2.05) is 0 Å². The molecule has 2 aliphatic heterocycles. The minimum Gasteiger partial charge on any atom is -0.478 e. The lowest BCUT2D eigenvalue weighted by atomic mass is 10.1. The van der Waals surface area contributed by atoms with E-state index >= 15 is 0 Å². The van der Waals surface area contributed by atoms with E-state index in [0.29, 0.717) is 0 Å². The van der Waals surface area contributed by atoms with Gasteiger partial charge in [0.15, 0.2) is 11.9 Å². The van der Waals surface area contributed by atoms with Crippen LogP contribution in [0.2, 0.25) is 0 Å². The molecule has 1 unspecified atom stereocenters. The van der Waals surface area contributed by atoms with Gasteiger partial charge in [-0.1, -0.05) is 0 Å². The van der Waals surface area contributed by atoms with E-state index in [1.54, 1.807) is 0 Å². The zero-order chi connectivity index (χ0) is 19.1. The Balaban J connectivity index is 1.70. The number of nitrogens with zero attached hydrogens (tertiary/aromatic N) is 1. The van der Waals surface area contributed by atoms with Gasteiger partial charge in [-0.2, -0.15) is 13.2 Å². The van der Waals surface area contributed by atoms with Gasteiger partial charge in [0.05, 0.1) is 18.1 Å². The van der Waals surface area contributed by atoms with Crippen LogP contribution in [0.4, 0.5) is 23.2 Å². The van der Waals surface area contributed by atoms with E-state index in [2.05, 4.69) is 4.18 Å². The van der Waals surface area contributed by atoms with E-state index in [-0.39, 0.29) is 19.0 Å². The normalized spacial score (nSPS) is 29.4. The second-order valence-corrected chi connectivity index (χ2v) is 6.56. The van der Waals surface area contributed by atoms with Crippen LogP contribution in [-0.4, -0.2) is 52.3 Å². The highest BCUT2D eigenvalue weighted by atomic mass is 32.2. The average Bonchev–Trinajstić information content (AvgIpc) is 3.10. The summed E-state index contributed by atoms with van der Waals surface area (Å²) < 4.78 is 81.8. The number of nitro groups is 1. The summed E-state index contributed by atoms with van der Waals surface area (Å²) in [5, 5.41) is 11.0. The van der Waals surface area contributed by atoms with Gasteiger partial charge >= 0.3 is 11.2 Å². The molecule has 2 saturated heterocycles. The van der Waals surface area contributed by atoms with Gasteiger partial charge in [-0.15, -0.1) is 0 Å². The largest absolute Gasteiger partial charge is 0.497 e. The zero-order valence-electron chi connectivity index (χ0n) is 12.7. The summed E-state index contributed by atoms with van der Waals surface area (Å²) in [6, 6.07) is 2.63. The number of hydrogen-bond acceptors (Lipinski definition) is 7. The number of fused-ring (bicyclic) bond motifs is 1. The van der Waals surface area contributed by atoms with E-state index in [4.69, 9.17) is 14.2 Å². The molecule has 0 radical (unpaired) electrons. The molecule has 144 valence electrons. The van der Waals surface area contributed by atoms with Crippen LogP contribution in [0.25, 0.3) is 0 Å². The van der Waals surface area contributed by atoms with Crippen molar-refractivity contribution in [2.45, 2.75) is 29.9 Å². The minimum absolute atomic E-state index is 0.179. The first kappa shape index (κ1) is 18.9. The van der Waals surface area contributed by atoms with Crippen molar-refractivity contribution < 1.29 is 45.1 Å².